The fraction of sp³-hybridized carbons (Fsp3) is 0. The van der Waals surface area contributed by atoms with Crippen molar-refractivity contribution in [2.24, 2.45) is 0 Å². The van der Waals surface area contributed by atoms with Crippen LogP contribution in [0.4, 0.5) is 5.69 Å². The van der Waals surface area contributed by atoms with E-state index in [1.54, 1.807) is 18.3 Å². The minimum absolute atomic E-state index is 0.679. The third-order valence-corrected chi connectivity index (χ3v) is 0.638. The first kappa shape index (κ1) is 4.12. The molecule has 0 amide bonds. The van der Waals surface area contributed by atoms with Gasteiger partial charge < -0.3 is 5.73 Å². The predicted molar refractivity (Wildman–Crippen MR) is 27.5 cm³/mol. The van der Waals surface area contributed by atoms with Crippen molar-refractivity contribution in [3.63, 3.8) is 0 Å². The van der Waals surface area contributed by atoms with E-state index in [0.29, 0.717) is 5.69 Å². The van der Waals surface area contributed by atoms with Gasteiger partial charge in [0, 0.05) is 0 Å². The number of pyridine rings is 1. The van der Waals surface area contributed by atoms with Crippen molar-refractivity contribution in [2.45, 2.75) is 0 Å². The molecule has 1 heterocycles. The van der Waals surface area contributed by atoms with Crippen LogP contribution in [0.25, 0.3) is 0 Å². The Kier molecular flexibility index (Phi) is 0.941. The van der Waals surface area contributed by atoms with Gasteiger partial charge in [0.1, 0.15) is 0 Å². The van der Waals surface area contributed by atoms with E-state index in [9.17, 15) is 0 Å². The number of aromatic nitrogens is 1. The molecule has 0 aliphatic heterocycles. The Bertz CT molecular complexity index is 136. The molecule has 2 nitrogen and oxygen atoms in total. The fourth-order valence-electron chi connectivity index (χ4n) is 0.331. The number of hydrogen-bond donors (Lipinski definition) is 1. The lowest BCUT2D eigenvalue weighted by molar-refractivity contribution is 1.32. The highest BCUT2D eigenvalue weighted by Gasteiger charge is 1.74. The summed E-state index contributed by atoms with van der Waals surface area (Å²) in [5.41, 5.74) is 5.95. The van der Waals surface area contributed by atoms with Gasteiger partial charge >= 0.3 is 0 Å². The third kappa shape index (κ3) is 0.892. The second-order valence-corrected chi connectivity index (χ2v) is 1.22. The summed E-state index contributed by atoms with van der Waals surface area (Å²) in [5, 5.41) is 0. The molecule has 0 atom stereocenters. The average Bonchev–Trinajstić information content (AvgIpc) is 1.69. The lowest BCUT2D eigenvalue weighted by Crippen LogP contribution is -1.82. The Morgan fingerprint density at radius 2 is 2.57 bits per heavy atom. The van der Waals surface area contributed by atoms with Crippen LogP contribution in [0.15, 0.2) is 18.3 Å². The SMILES string of the molecule is Nc1cc[c]nc1. The molecular weight excluding hydrogens is 88.1 g/mol. The van der Waals surface area contributed by atoms with Gasteiger partial charge in [-0.25, -0.2) is 0 Å². The van der Waals surface area contributed by atoms with Crippen molar-refractivity contribution in [3.8, 4) is 0 Å². The summed E-state index contributed by atoms with van der Waals surface area (Å²) in [7, 11) is 0. The van der Waals surface area contributed by atoms with E-state index in [2.05, 4.69) is 11.2 Å². The first-order valence-corrected chi connectivity index (χ1v) is 1.97. The number of nitrogens with two attached hydrogens (primary N) is 1. The molecule has 2 heteroatoms. The Morgan fingerprint density at radius 3 is 2.86 bits per heavy atom. The number of nitrogens with zero attached hydrogens (tertiary/aromatic N) is 1. The standard InChI is InChI=1S/C5H5N2/c6-5-2-1-3-7-4-5/h1-2,4H,6H2. The first-order chi connectivity index (χ1) is 3.39. The number of nitrogen functional groups attached to an aromatic ring is 1. The molecule has 0 saturated carbocycles. The van der Waals surface area contributed by atoms with Crippen molar-refractivity contribution in [2.75, 3.05) is 5.73 Å². The Balaban J connectivity index is 3.02. The Hall–Kier alpha value is -1.05. The second kappa shape index (κ2) is 1.60. The molecule has 0 fully saturated rings. The van der Waals surface area contributed by atoms with Gasteiger partial charge in [-0.15, -0.1) is 0 Å². The maximum absolute atomic E-state index is 5.28. The zero-order valence-electron chi connectivity index (χ0n) is 3.76. The summed E-state index contributed by atoms with van der Waals surface area (Å²) in [5.74, 6) is 0. The molecule has 35 valence electrons. The average molecular weight is 93.1 g/mol. The van der Waals surface area contributed by atoms with Crippen LogP contribution in [0.5, 0.6) is 0 Å². The van der Waals surface area contributed by atoms with Crippen LogP contribution in [-0.2, 0) is 0 Å². The molecular formula is C5H5N2. The summed E-state index contributed by atoms with van der Waals surface area (Å²) < 4.78 is 0. The lowest BCUT2D eigenvalue weighted by Gasteiger charge is -1.82. The summed E-state index contributed by atoms with van der Waals surface area (Å²) in [6, 6.07) is 3.42. The molecule has 0 unspecified atom stereocenters. The van der Waals surface area contributed by atoms with Crippen LogP contribution in [0, 0.1) is 6.20 Å². The van der Waals surface area contributed by atoms with Gasteiger partial charge in [0.15, 0.2) is 0 Å². The van der Waals surface area contributed by atoms with Gasteiger partial charge in [0.25, 0.3) is 0 Å². The Morgan fingerprint density at radius 1 is 1.71 bits per heavy atom. The van der Waals surface area contributed by atoms with Crippen LogP contribution in [-0.4, -0.2) is 4.98 Å². The maximum Gasteiger partial charge on any atom is 0.0887 e. The van der Waals surface area contributed by atoms with E-state index >= 15 is 0 Å². The van der Waals surface area contributed by atoms with E-state index in [1.807, 2.05) is 0 Å². The zero-order chi connectivity index (χ0) is 5.11. The summed E-state index contributed by atoms with van der Waals surface area (Å²) >= 11 is 0. The fourth-order valence-corrected chi connectivity index (χ4v) is 0.331. The maximum atomic E-state index is 5.28. The first-order valence-electron chi connectivity index (χ1n) is 1.97. The summed E-state index contributed by atoms with van der Waals surface area (Å²) in [4.78, 5) is 3.63. The molecule has 0 aliphatic carbocycles. The predicted octanol–water partition coefficient (Wildman–Crippen LogP) is 0.464. The quantitative estimate of drug-likeness (QED) is 0.506. The van der Waals surface area contributed by atoms with E-state index in [0.717, 1.165) is 0 Å². The minimum atomic E-state index is 0.679. The summed E-state index contributed by atoms with van der Waals surface area (Å²) in [6.45, 7) is 0. The molecule has 0 bridgehead atoms. The van der Waals surface area contributed by atoms with E-state index in [-0.39, 0.29) is 0 Å². The molecule has 1 rings (SSSR count). The topological polar surface area (TPSA) is 38.9 Å². The molecule has 0 spiro atoms. The monoisotopic (exact) mass is 93.0 g/mol. The third-order valence-electron chi connectivity index (χ3n) is 0.638. The molecule has 1 radical (unpaired) electrons. The van der Waals surface area contributed by atoms with Gasteiger partial charge in [-0.05, 0) is 12.1 Å². The number of hydrogen-bond acceptors (Lipinski definition) is 2. The lowest BCUT2D eigenvalue weighted by atomic mass is 10.4. The van der Waals surface area contributed by atoms with Crippen LogP contribution >= 0.6 is 0 Å². The van der Waals surface area contributed by atoms with Gasteiger partial charge in [-0.2, -0.15) is 0 Å². The van der Waals surface area contributed by atoms with Crippen molar-refractivity contribution in [3.05, 3.63) is 24.5 Å². The van der Waals surface area contributed by atoms with Crippen LogP contribution in [0.1, 0.15) is 0 Å². The van der Waals surface area contributed by atoms with Crippen molar-refractivity contribution in [1.82, 2.24) is 4.98 Å². The molecule has 0 aliphatic rings. The van der Waals surface area contributed by atoms with Gasteiger partial charge in [0.05, 0.1) is 18.1 Å². The smallest absolute Gasteiger partial charge is 0.0887 e. The summed E-state index contributed by atoms with van der Waals surface area (Å²) in [6.07, 6.45) is 4.16. The molecule has 1 aromatic heterocycles. The Labute approximate surface area is 42.0 Å². The normalized spacial score (nSPS) is 8.57. The van der Waals surface area contributed by atoms with Gasteiger partial charge in [-0.3, -0.25) is 4.98 Å². The van der Waals surface area contributed by atoms with Crippen molar-refractivity contribution >= 4 is 5.69 Å². The van der Waals surface area contributed by atoms with Crippen LogP contribution in [0.3, 0.4) is 0 Å². The number of anilines is 1. The molecule has 0 aromatic carbocycles. The minimum Gasteiger partial charge on any atom is -0.397 e. The van der Waals surface area contributed by atoms with Crippen molar-refractivity contribution in [1.29, 1.82) is 0 Å². The largest absolute Gasteiger partial charge is 0.397 e. The van der Waals surface area contributed by atoms with Gasteiger partial charge in [-0.1, -0.05) is 0 Å². The number of rotatable bonds is 0. The van der Waals surface area contributed by atoms with Crippen LogP contribution in [0.2, 0.25) is 0 Å². The zero-order valence-corrected chi connectivity index (χ0v) is 3.76. The second-order valence-electron chi connectivity index (χ2n) is 1.22. The molecule has 7 heavy (non-hydrogen) atoms. The van der Waals surface area contributed by atoms with Crippen molar-refractivity contribution < 1.29 is 0 Å². The van der Waals surface area contributed by atoms with E-state index in [4.69, 9.17) is 5.73 Å². The van der Waals surface area contributed by atoms with E-state index < -0.39 is 0 Å². The van der Waals surface area contributed by atoms with Crippen LogP contribution < -0.4 is 5.73 Å². The highest BCUT2D eigenvalue weighted by molar-refractivity contribution is 5.32. The van der Waals surface area contributed by atoms with E-state index in [1.165, 1.54) is 0 Å². The highest BCUT2D eigenvalue weighted by Crippen LogP contribution is 1.91. The molecule has 0 saturated heterocycles. The molecule has 2 N–H and O–H groups in total. The highest BCUT2D eigenvalue weighted by atomic mass is 14.7. The molecule has 1 aromatic rings. The van der Waals surface area contributed by atoms with Gasteiger partial charge in [0.2, 0.25) is 0 Å².